The van der Waals surface area contributed by atoms with Crippen LogP contribution in [-0.2, 0) is 11.2 Å². The van der Waals surface area contributed by atoms with Gasteiger partial charge in [0.25, 0.3) is 5.91 Å². The maximum absolute atomic E-state index is 12.4. The smallest absolute Gasteiger partial charge is 0.261 e. The highest BCUT2D eigenvalue weighted by Gasteiger charge is 2.13. The fraction of sp³-hybridized carbons (Fsp3) is 0.0870. The SMILES string of the molecule is COc1ccccc1C(=O)NC(=S)Nc1cccc(NC(=O)Cc2ccccc2)c1. The number of ether oxygens (including phenoxy) is 1. The lowest BCUT2D eigenvalue weighted by Crippen LogP contribution is -2.34. The number of methoxy groups -OCH3 is 1. The molecule has 0 aromatic heterocycles. The molecule has 0 bridgehead atoms. The van der Waals surface area contributed by atoms with Crippen molar-refractivity contribution in [2.24, 2.45) is 0 Å². The normalized spacial score (nSPS) is 10.0. The van der Waals surface area contributed by atoms with E-state index < -0.39 is 0 Å². The van der Waals surface area contributed by atoms with Crippen molar-refractivity contribution in [2.45, 2.75) is 6.42 Å². The number of carbonyl (C=O) groups excluding carboxylic acids is 2. The van der Waals surface area contributed by atoms with Crippen LogP contribution in [0.1, 0.15) is 15.9 Å². The third-order valence-electron chi connectivity index (χ3n) is 4.19. The maximum Gasteiger partial charge on any atom is 0.261 e. The lowest BCUT2D eigenvalue weighted by Gasteiger charge is -2.12. The Labute approximate surface area is 180 Å². The van der Waals surface area contributed by atoms with E-state index >= 15 is 0 Å². The number of carbonyl (C=O) groups is 2. The molecule has 6 nitrogen and oxygen atoms in total. The van der Waals surface area contributed by atoms with Crippen molar-refractivity contribution in [3.05, 3.63) is 90.0 Å². The van der Waals surface area contributed by atoms with Gasteiger partial charge in [-0.15, -0.1) is 0 Å². The van der Waals surface area contributed by atoms with Gasteiger partial charge in [0.1, 0.15) is 5.75 Å². The predicted octanol–water partition coefficient (Wildman–Crippen LogP) is 4.00. The Morgan fingerprint density at radius 2 is 1.53 bits per heavy atom. The van der Waals surface area contributed by atoms with E-state index in [9.17, 15) is 9.59 Å². The van der Waals surface area contributed by atoms with Crippen molar-refractivity contribution in [1.82, 2.24) is 5.32 Å². The number of para-hydroxylation sites is 1. The molecule has 152 valence electrons. The van der Waals surface area contributed by atoms with Gasteiger partial charge in [-0.25, -0.2) is 0 Å². The monoisotopic (exact) mass is 419 g/mol. The summed E-state index contributed by atoms with van der Waals surface area (Å²) in [7, 11) is 1.50. The van der Waals surface area contributed by atoms with Gasteiger partial charge in [0, 0.05) is 11.4 Å². The summed E-state index contributed by atoms with van der Waals surface area (Å²) in [4.78, 5) is 24.7. The Morgan fingerprint density at radius 1 is 0.867 bits per heavy atom. The molecule has 30 heavy (non-hydrogen) atoms. The topological polar surface area (TPSA) is 79.5 Å². The van der Waals surface area contributed by atoms with Crippen LogP contribution in [0, 0.1) is 0 Å². The van der Waals surface area contributed by atoms with Gasteiger partial charge >= 0.3 is 0 Å². The standard InChI is InChI=1S/C23H21N3O3S/c1-29-20-13-6-5-12-19(20)22(28)26-23(30)25-18-11-7-10-17(15-18)24-21(27)14-16-8-3-2-4-9-16/h2-13,15H,14H2,1H3,(H,24,27)(H2,25,26,28,30). The van der Waals surface area contributed by atoms with Gasteiger partial charge in [0.15, 0.2) is 5.11 Å². The maximum atomic E-state index is 12.4. The van der Waals surface area contributed by atoms with Crippen LogP contribution in [0.5, 0.6) is 5.75 Å². The van der Waals surface area contributed by atoms with Gasteiger partial charge in [0.2, 0.25) is 5.91 Å². The molecule has 0 radical (unpaired) electrons. The third kappa shape index (κ3) is 5.89. The molecule has 0 unspecified atom stereocenters. The number of amides is 2. The molecule has 2 amide bonds. The number of rotatable bonds is 6. The van der Waals surface area contributed by atoms with E-state index in [0.717, 1.165) is 5.56 Å². The van der Waals surface area contributed by atoms with Gasteiger partial charge in [-0.2, -0.15) is 0 Å². The Hall–Kier alpha value is -3.71. The highest BCUT2D eigenvalue weighted by Crippen LogP contribution is 2.18. The molecule has 0 aliphatic rings. The van der Waals surface area contributed by atoms with E-state index in [1.165, 1.54) is 7.11 Å². The van der Waals surface area contributed by atoms with Crippen LogP contribution < -0.4 is 20.7 Å². The number of anilines is 2. The predicted molar refractivity (Wildman–Crippen MR) is 122 cm³/mol. The van der Waals surface area contributed by atoms with Crippen molar-refractivity contribution in [2.75, 3.05) is 17.7 Å². The minimum absolute atomic E-state index is 0.120. The summed E-state index contributed by atoms with van der Waals surface area (Å²) in [5.74, 6) is -0.0383. The van der Waals surface area contributed by atoms with Crippen LogP contribution in [0.3, 0.4) is 0 Å². The van der Waals surface area contributed by atoms with Gasteiger partial charge in [-0.3, -0.25) is 14.9 Å². The first-order chi connectivity index (χ1) is 14.5. The van der Waals surface area contributed by atoms with E-state index in [2.05, 4.69) is 16.0 Å². The molecule has 0 saturated heterocycles. The van der Waals surface area contributed by atoms with Crippen molar-refractivity contribution in [1.29, 1.82) is 0 Å². The Bertz CT molecular complexity index is 1050. The molecule has 7 heteroatoms. The van der Waals surface area contributed by atoms with Gasteiger partial charge < -0.3 is 15.4 Å². The summed E-state index contributed by atoms with van der Waals surface area (Å²) < 4.78 is 5.20. The fourth-order valence-electron chi connectivity index (χ4n) is 2.83. The lowest BCUT2D eigenvalue weighted by atomic mass is 10.1. The number of thiocarbonyl (C=S) groups is 1. The Morgan fingerprint density at radius 3 is 2.27 bits per heavy atom. The molecule has 3 aromatic carbocycles. The summed E-state index contributed by atoms with van der Waals surface area (Å²) in [6, 6.07) is 23.5. The van der Waals surface area contributed by atoms with Crippen LogP contribution in [0.25, 0.3) is 0 Å². The van der Waals surface area contributed by atoms with Crippen LogP contribution in [0.4, 0.5) is 11.4 Å². The lowest BCUT2D eigenvalue weighted by molar-refractivity contribution is -0.115. The zero-order valence-electron chi connectivity index (χ0n) is 16.3. The summed E-state index contributed by atoms with van der Waals surface area (Å²) >= 11 is 5.24. The summed E-state index contributed by atoms with van der Waals surface area (Å²) in [6.45, 7) is 0. The van der Waals surface area contributed by atoms with Crippen molar-refractivity contribution in [3.63, 3.8) is 0 Å². The van der Waals surface area contributed by atoms with Crippen LogP contribution in [0.15, 0.2) is 78.9 Å². The molecule has 0 spiro atoms. The largest absolute Gasteiger partial charge is 0.496 e. The zero-order valence-corrected chi connectivity index (χ0v) is 17.2. The molecule has 0 atom stereocenters. The Kier molecular flexibility index (Phi) is 7.13. The van der Waals surface area contributed by atoms with Crippen molar-refractivity contribution in [3.8, 4) is 5.75 Å². The highest BCUT2D eigenvalue weighted by atomic mass is 32.1. The van der Waals surface area contributed by atoms with Crippen LogP contribution in [-0.4, -0.2) is 24.0 Å². The summed E-state index contributed by atoms with van der Waals surface area (Å²) in [5, 5.41) is 8.57. The second kappa shape index (κ2) is 10.2. The minimum Gasteiger partial charge on any atom is -0.496 e. The Balaban J connectivity index is 1.58. The highest BCUT2D eigenvalue weighted by molar-refractivity contribution is 7.80. The molecular weight excluding hydrogens is 398 g/mol. The summed E-state index contributed by atoms with van der Waals surface area (Å²) in [5.41, 5.74) is 2.58. The van der Waals surface area contributed by atoms with E-state index in [-0.39, 0.29) is 23.3 Å². The van der Waals surface area contributed by atoms with E-state index in [1.807, 2.05) is 30.3 Å². The molecule has 0 fully saturated rings. The van der Waals surface area contributed by atoms with E-state index in [1.54, 1.807) is 48.5 Å². The van der Waals surface area contributed by atoms with Crippen molar-refractivity contribution >= 4 is 40.5 Å². The van der Waals surface area contributed by atoms with Gasteiger partial charge in [-0.1, -0.05) is 48.5 Å². The molecular formula is C23H21N3O3S. The average Bonchev–Trinajstić information content (AvgIpc) is 2.74. The summed E-state index contributed by atoms with van der Waals surface area (Å²) in [6.07, 6.45) is 0.284. The van der Waals surface area contributed by atoms with Crippen LogP contribution >= 0.6 is 12.2 Å². The second-order valence-electron chi connectivity index (χ2n) is 6.40. The molecule has 3 rings (SSSR count). The van der Waals surface area contributed by atoms with Gasteiger partial charge in [-0.05, 0) is 48.1 Å². The average molecular weight is 420 g/mol. The zero-order chi connectivity index (χ0) is 21.3. The molecule has 3 N–H and O–H groups in total. The quantitative estimate of drug-likeness (QED) is 0.526. The fourth-order valence-corrected chi connectivity index (χ4v) is 3.04. The van der Waals surface area contributed by atoms with Crippen molar-refractivity contribution < 1.29 is 14.3 Å². The van der Waals surface area contributed by atoms with Gasteiger partial charge in [0.05, 0.1) is 19.1 Å². The number of hydrogen-bond acceptors (Lipinski definition) is 4. The van der Waals surface area contributed by atoms with E-state index in [4.69, 9.17) is 17.0 Å². The molecule has 0 aliphatic heterocycles. The second-order valence-corrected chi connectivity index (χ2v) is 6.81. The minimum atomic E-state index is -0.378. The molecule has 0 heterocycles. The molecule has 0 aliphatic carbocycles. The van der Waals surface area contributed by atoms with E-state index in [0.29, 0.717) is 22.7 Å². The third-order valence-corrected chi connectivity index (χ3v) is 4.39. The van der Waals surface area contributed by atoms with Crippen LogP contribution in [0.2, 0.25) is 0 Å². The number of hydrogen-bond donors (Lipinski definition) is 3. The first kappa shape index (κ1) is 21.0. The molecule has 3 aromatic rings. The number of nitrogens with one attached hydrogen (secondary N) is 3. The first-order valence-corrected chi connectivity index (χ1v) is 9.65. The molecule has 0 saturated carbocycles. The first-order valence-electron chi connectivity index (χ1n) is 9.24. The number of benzene rings is 3.